The third-order valence-corrected chi connectivity index (χ3v) is 7.92. The van der Waals surface area contributed by atoms with Crippen molar-refractivity contribution in [1.82, 2.24) is 25.3 Å². The van der Waals surface area contributed by atoms with Gasteiger partial charge < -0.3 is 19.9 Å². The number of ether oxygens (including phenoxy) is 1. The molecule has 1 atom stereocenters. The molecule has 2 saturated heterocycles. The molecule has 0 bridgehead atoms. The van der Waals surface area contributed by atoms with Crippen LogP contribution < -0.4 is 15.6 Å². The summed E-state index contributed by atoms with van der Waals surface area (Å²) in [5, 5.41) is 11.7. The zero-order valence-corrected chi connectivity index (χ0v) is 21.0. The molecule has 192 valence electrons. The number of H-pyrrole nitrogens is 1. The minimum atomic E-state index is -0.491. The maximum Gasteiger partial charge on any atom is 0.272 e. The molecule has 37 heavy (non-hydrogen) atoms. The highest BCUT2D eigenvalue weighted by molar-refractivity contribution is 5.98. The topological polar surface area (TPSA) is 108 Å². The van der Waals surface area contributed by atoms with Crippen molar-refractivity contribution in [2.24, 2.45) is 0 Å². The number of nitrogens with zero attached hydrogens (tertiary/aromatic N) is 3. The van der Waals surface area contributed by atoms with E-state index in [1.54, 1.807) is 6.07 Å². The standard InChI is InChI=1S/C28H31N5O4/c1-28(8-4-9-29-28)27(36)33-12-10-32(11-13-33)26(35)22-16-18(15-19-7-14-37-24(19)22)17-23-20-5-2-3-6-21(20)25(34)31-30-23/h2-3,5-6,15-16,29H,4,7-14,17H2,1H3,(H,31,34). The average Bonchev–Trinajstić information content (AvgIpc) is 3.59. The third kappa shape index (κ3) is 4.27. The first-order valence-corrected chi connectivity index (χ1v) is 13.0. The van der Waals surface area contributed by atoms with Gasteiger partial charge in [-0.25, -0.2) is 5.10 Å². The molecule has 3 aromatic rings. The van der Waals surface area contributed by atoms with E-state index in [1.165, 1.54) is 0 Å². The molecule has 1 aromatic heterocycles. The largest absolute Gasteiger partial charge is 0.492 e. The van der Waals surface area contributed by atoms with Crippen LogP contribution in [0.25, 0.3) is 10.8 Å². The summed E-state index contributed by atoms with van der Waals surface area (Å²) in [7, 11) is 0. The minimum Gasteiger partial charge on any atom is -0.492 e. The van der Waals surface area contributed by atoms with Crippen molar-refractivity contribution >= 4 is 22.6 Å². The number of carbonyl (C=O) groups is 2. The Morgan fingerprint density at radius 1 is 1.08 bits per heavy atom. The fraction of sp³-hybridized carbons (Fsp3) is 0.429. The highest BCUT2D eigenvalue weighted by atomic mass is 16.5. The zero-order valence-electron chi connectivity index (χ0n) is 21.0. The molecule has 3 aliphatic heterocycles. The van der Waals surface area contributed by atoms with Crippen molar-refractivity contribution in [3.63, 3.8) is 0 Å². The molecule has 0 saturated carbocycles. The second-order valence-corrected chi connectivity index (χ2v) is 10.4. The molecule has 1 unspecified atom stereocenters. The Hall–Kier alpha value is -3.72. The van der Waals surface area contributed by atoms with Gasteiger partial charge in [0, 0.05) is 44.4 Å². The molecule has 0 radical (unpaired) electrons. The van der Waals surface area contributed by atoms with E-state index in [0.29, 0.717) is 55.9 Å². The first-order chi connectivity index (χ1) is 17.9. The lowest BCUT2D eigenvalue weighted by Crippen LogP contribution is -2.58. The fourth-order valence-electron chi connectivity index (χ4n) is 5.84. The normalized spacial score (nSPS) is 21.2. The summed E-state index contributed by atoms with van der Waals surface area (Å²) in [5.74, 6) is 0.717. The molecule has 6 rings (SSSR count). The van der Waals surface area contributed by atoms with Gasteiger partial charge in [-0.1, -0.05) is 24.3 Å². The summed E-state index contributed by atoms with van der Waals surface area (Å²) in [6.07, 6.45) is 3.09. The Balaban J connectivity index is 1.23. The van der Waals surface area contributed by atoms with E-state index in [-0.39, 0.29) is 17.4 Å². The van der Waals surface area contributed by atoms with Gasteiger partial charge in [-0.2, -0.15) is 5.10 Å². The molecule has 2 aromatic carbocycles. The average molecular weight is 502 g/mol. The fourth-order valence-corrected chi connectivity index (χ4v) is 5.84. The molecular formula is C28H31N5O4. The minimum absolute atomic E-state index is 0.0726. The third-order valence-electron chi connectivity index (χ3n) is 7.92. The molecule has 2 fully saturated rings. The Labute approximate surface area is 214 Å². The Kier molecular flexibility index (Phi) is 5.95. The number of aromatic amines is 1. The molecular weight excluding hydrogens is 470 g/mol. The van der Waals surface area contributed by atoms with Crippen LogP contribution in [0.1, 0.15) is 46.9 Å². The van der Waals surface area contributed by atoms with Crippen molar-refractivity contribution < 1.29 is 14.3 Å². The number of amides is 2. The van der Waals surface area contributed by atoms with Gasteiger partial charge in [-0.3, -0.25) is 14.4 Å². The lowest BCUT2D eigenvalue weighted by Gasteiger charge is -2.38. The lowest BCUT2D eigenvalue weighted by atomic mass is 9.97. The number of benzene rings is 2. The van der Waals surface area contributed by atoms with Gasteiger partial charge in [-0.05, 0) is 49.6 Å². The quantitative estimate of drug-likeness (QED) is 0.565. The van der Waals surface area contributed by atoms with Crippen LogP contribution in [0.5, 0.6) is 5.75 Å². The number of nitrogens with one attached hydrogen (secondary N) is 2. The lowest BCUT2D eigenvalue weighted by molar-refractivity contribution is -0.138. The first-order valence-electron chi connectivity index (χ1n) is 13.0. The van der Waals surface area contributed by atoms with E-state index in [4.69, 9.17) is 4.74 Å². The summed E-state index contributed by atoms with van der Waals surface area (Å²) >= 11 is 0. The second-order valence-electron chi connectivity index (χ2n) is 10.4. The van der Waals surface area contributed by atoms with Crippen molar-refractivity contribution in [3.8, 4) is 5.75 Å². The van der Waals surface area contributed by atoms with E-state index in [0.717, 1.165) is 48.0 Å². The summed E-state index contributed by atoms with van der Waals surface area (Å²) in [4.78, 5) is 42.7. The molecule has 3 aliphatic rings. The van der Waals surface area contributed by atoms with Crippen LogP contribution in [0.3, 0.4) is 0 Å². The number of hydrogen-bond acceptors (Lipinski definition) is 6. The molecule has 9 heteroatoms. The van der Waals surface area contributed by atoms with Gasteiger partial charge >= 0.3 is 0 Å². The van der Waals surface area contributed by atoms with Gasteiger partial charge in [0.15, 0.2) is 0 Å². The van der Waals surface area contributed by atoms with Crippen LogP contribution in [0.2, 0.25) is 0 Å². The summed E-state index contributed by atoms with van der Waals surface area (Å²) in [6, 6.07) is 11.4. The molecule has 4 heterocycles. The van der Waals surface area contributed by atoms with Crippen molar-refractivity contribution in [2.75, 3.05) is 39.3 Å². The maximum atomic E-state index is 13.7. The van der Waals surface area contributed by atoms with Crippen LogP contribution in [0, 0.1) is 0 Å². The predicted molar refractivity (Wildman–Crippen MR) is 139 cm³/mol. The Morgan fingerprint density at radius 3 is 2.59 bits per heavy atom. The SMILES string of the molecule is CC1(C(=O)N2CCN(C(=O)c3cc(Cc4n[nH]c(=O)c5ccccc45)cc4c3OCC4)CC2)CCCN1. The molecule has 0 aliphatic carbocycles. The van der Waals surface area contributed by atoms with Crippen LogP contribution in [0.15, 0.2) is 41.2 Å². The van der Waals surface area contributed by atoms with Gasteiger partial charge in [-0.15, -0.1) is 0 Å². The van der Waals surface area contributed by atoms with Crippen LogP contribution in [-0.4, -0.2) is 76.7 Å². The number of rotatable bonds is 4. The van der Waals surface area contributed by atoms with E-state index in [2.05, 4.69) is 21.6 Å². The highest BCUT2D eigenvalue weighted by Crippen LogP contribution is 2.33. The summed E-state index contributed by atoms with van der Waals surface area (Å²) in [5.41, 5.74) is 2.58. The number of carbonyl (C=O) groups excluding carboxylic acids is 2. The van der Waals surface area contributed by atoms with Crippen molar-refractivity contribution in [3.05, 3.63) is 69.1 Å². The second kappa shape index (κ2) is 9.30. The van der Waals surface area contributed by atoms with E-state index >= 15 is 0 Å². The summed E-state index contributed by atoms with van der Waals surface area (Å²) in [6.45, 7) is 5.43. The zero-order chi connectivity index (χ0) is 25.6. The summed E-state index contributed by atoms with van der Waals surface area (Å²) < 4.78 is 5.89. The number of aromatic nitrogens is 2. The van der Waals surface area contributed by atoms with Gasteiger partial charge in [0.25, 0.3) is 11.5 Å². The van der Waals surface area contributed by atoms with Crippen LogP contribution in [0.4, 0.5) is 0 Å². The Morgan fingerprint density at radius 2 is 1.84 bits per heavy atom. The number of piperazine rings is 1. The van der Waals surface area contributed by atoms with Gasteiger partial charge in [0.05, 0.1) is 28.8 Å². The Bertz CT molecular complexity index is 1430. The van der Waals surface area contributed by atoms with E-state index in [1.807, 2.05) is 41.0 Å². The monoisotopic (exact) mass is 501 g/mol. The number of fused-ring (bicyclic) bond motifs is 2. The smallest absolute Gasteiger partial charge is 0.272 e. The molecule has 0 spiro atoms. The van der Waals surface area contributed by atoms with Gasteiger partial charge in [0.2, 0.25) is 5.91 Å². The molecule has 9 nitrogen and oxygen atoms in total. The van der Waals surface area contributed by atoms with Crippen molar-refractivity contribution in [2.45, 2.75) is 38.1 Å². The highest BCUT2D eigenvalue weighted by Gasteiger charge is 2.40. The van der Waals surface area contributed by atoms with Crippen molar-refractivity contribution in [1.29, 1.82) is 0 Å². The molecule has 2 N–H and O–H groups in total. The van der Waals surface area contributed by atoms with E-state index < -0.39 is 5.54 Å². The first kappa shape index (κ1) is 23.7. The number of hydrogen-bond donors (Lipinski definition) is 2. The molecule has 2 amide bonds. The van der Waals surface area contributed by atoms with Crippen LogP contribution >= 0.6 is 0 Å². The van der Waals surface area contributed by atoms with Crippen LogP contribution in [-0.2, 0) is 17.6 Å². The maximum absolute atomic E-state index is 13.7. The predicted octanol–water partition coefficient (Wildman–Crippen LogP) is 1.88. The van der Waals surface area contributed by atoms with Gasteiger partial charge in [0.1, 0.15) is 5.75 Å². The van der Waals surface area contributed by atoms with E-state index in [9.17, 15) is 14.4 Å².